The van der Waals surface area contributed by atoms with Crippen molar-refractivity contribution in [1.82, 2.24) is 10.6 Å². The fourth-order valence-electron chi connectivity index (χ4n) is 2.53. The first kappa shape index (κ1) is 18.2. The highest BCUT2D eigenvalue weighted by Gasteiger charge is 2.23. The number of carbonyl (C=O) groups is 2. The predicted molar refractivity (Wildman–Crippen MR) is 98.0 cm³/mol. The van der Waals surface area contributed by atoms with Crippen LogP contribution in [-0.2, 0) is 15.0 Å². The molecule has 0 aliphatic rings. The van der Waals surface area contributed by atoms with E-state index in [1.54, 1.807) is 11.3 Å². The molecule has 2 rings (SSSR count). The van der Waals surface area contributed by atoms with Crippen LogP contribution < -0.4 is 10.6 Å². The SMILES string of the molecule is CC(=O)NC(CC(=O)NCC(C)(C)c1ccccc1)c1cccs1. The second kappa shape index (κ2) is 8.11. The summed E-state index contributed by atoms with van der Waals surface area (Å²) >= 11 is 1.54. The maximum absolute atomic E-state index is 12.4. The van der Waals surface area contributed by atoms with Gasteiger partial charge >= 0.3 is 0 Å². The van der Waals surface area contributed by atoms with Gasteiger partial charge in [0.2, 0.25) is 11.8 Å². The van der Waals surface area contributed by atoms with Gasteiger partial charge in [0.1, 0.15) is 0 Å². The van der Waals surface area contributed by atoms with Crippen molar-refractivity contribution in [3.63, 3.8) is 0 Å². The average molecular weight is 344 g/mol. The zero-order chi connectivity index (χ0) is 17.6. The molecule has 0 fully saturated rings. The molecule has 0 saturated carbocycles. The fraction of sp³-hybridized carbons (Fsp3) is 0.368. The maximum Gasteiger partial charge on any atom is 0.222 e. The highest BCUT2D eigenvalue weighted by Crippen LogP contribution is 2.24. The van der Waals surface area contributed by atoms with Crippen molar-refractivity contribution < 1.29 is 9.59 Å². The van der Waals surface area contributed by atoms with Gasteiger partial charge in [-0.1, -0.05) is 50.2 Å². The van der Waals surface area contributed by atoms with Gasteiger partial charge in [0.25, 0.3) is 0 Å². The van der Waals surface area contributed by atoms with Gasteiger partial charge in [-0.05, 0) is 17.0 Å². The molecule has 0 radical (unpaired) electrons. The van der Waals surface area contributed by atoms with Crippen molar-refractivity contribution in [2.45, 2.75) is 38.6 Å². The van der Waals surface area contributed by atoms with E-state index in [9.17, 15) is 9.59 Å². The van der Waals surface area contributed by atoms with E-state index in [0.29, 0.717) is 6.54 Å². The first-order valence-electron chi connectivity index (χ1n) is 8.01. The van der Waals surface area contributed by atoms with Gasteiger partial charge in [-0.3, -0.25) is 9.59 Å². The Balaban J connectivity index is 1.95. The first-order chi connectivity index (χ1) is 11.4. The third kappa shape index (κ3) is 5.20. The number of hydrogen-bond donors (Lipinski definition) is 2. The number of rotatable bonds is 7. The summed E-state index contributed by atoms with van der Waals surface area (Å²) in [7, 11) is 0. The van der Waals surface area contributed by atoms with Crippen LogP contribution in [0.1, 0.15) is 43.7 Å². The van der Waals surface area contributed by atoms with Crippen LogP contribution in [0.15, 0.2) is 47.8 Å². The number of benzene rings is 1. The summed E-state index contributed by atoms with van der Waals surface area (Å²) in [5, 5.41) is 7.80. The summed E-state index contributed by atoms with van der Waals surface area (Å²) in [6.45, 7) is 6.23. The zero-order valence-electron chi connectivity index (χ0n) is 14.3. The summed E-state index contributed by atoms with van der Waals surface area (Å²) in [6.07, 6.45) is 0.241. The molecule has 1 aromatic heterocycles. The molecule has 128 valence electrons. The van der Waals surface area contributed by atoms with E-state index in [1.807, 2.05) is 35.7 Å². The Morgan fingerprint density at radius 3 is 2.42 bits per heavy atom. The van der Waals surface area contributed by atoms with E-state index in [-0.39, 0.29) is 29.7 Å². The van der Waals surface area contributed by atoms with Crippen LogP contribution in [0.3, 0.4) is 0 Å². The number of nitrogens with one attached hydrogen (secondary N) is 2. The molecule has 0 spiro atoms. The van der Waals surface area contributed by atoms with Crippen LogP contribution in [0.4, 0.5) is 0 Å². The Hall–Kier alpha value is -2.14. The van der Waals surface area contributed by atoms with Gasteiger partial charge in [0.15, 0.2) is 0 Å². The Morgan fingerprint density at radius 1 is 1.12 bits per heavy atom. The lowest BCUT2D eigenvalue weighted by molar-refractivity contribution is -0.122. The quantitative estimate of drug-likeness (QED) is 0.809. The molecule has 4 nitrogen and oxygen atoms in total. The van der Waals surface area contributed by atoms with Gasteiger partial charge in [-0.25, -0.2) is 0 Å². The molecular formula is C19H24N2O2S. The third-order valence-electron chi connectivity index (χ3n) is 3.94. The molecule has 1 aromatic carbocycles. The van der Waals surface area contributed by atoms with E-state index in [4.69, 9.17) is 0 Å². The summed E-state index contributed by atoms with van der Waals surface area (Å²) in [5.74, 6) is -0.197. The van der Waals surface area contributed by atoms with Gasteiger partial charge in [-0.2, -0.15) is 0 Å². The van der Waals surface area contributed by atoms with E-state index in [0.717, 1.165) is 4.88 Å². The summed E-state index contributed by atoms with van der Waals surface area (Å²) in [5.41, 5.74) is 1.03. The van der Waals surface area contributed by atoms with Gasteiger partial charge in [0, 0.05) is 23.8 Å². The van der Waals surface area contributed by atoms with Crippen LogP contribution in [-0.4, -0.2) is 18.4 Å². The van der Waals surface area contributed by atoms with E-state index < -0.39 is 0 Å². The minimum absolute atomic E-state index is 0.0637. The standard InChI is InChI=1S/C19H24N2O2S/c1-14(22)21-16(17-10-7-11-24-17)12-18(23)20-13-19(2,3)15-8-5-4-6-9-15/h4-11,16H,12-13H2,1-3H3,(H,20,23)(H,21,22). The molecule has 0 aliphatic heterocycles. The lowest BCUT2D eigenvalue weighted by atomic mass is 9.84. The molecule has 1 unspecified atom stereocenters. The Labute approximate surface area is 147 Å². The molecule has 0 aliphatic carbocycles. The monoisotopic (exact) mass is 344 g/mol. The second-order valence-electron chi connectivity index (χ2n) is 6.50. The van der Waals surface area contributed by atoms with Crippen molar-refractivity contribution >= 4 is 23.2 Å². The normalized spacial score (nSPS) is 12.5. The molecule has 1 heterocycles. The van der Waals surface area contributed by atoms with Crippen LogP contribution >= 0.6 is 11.3 Å². The topological polar surface area (TPSA) is 58.2 Å². The Kier molecular flexibility index (Phi) is 6.15. The zero-order valence-corrected chi connectivity index (χ0v) is 15.2. The minimum atomic E-state index is -0.276. The third-order valence-corrected chi connectivity index (χ3v) is 4.92. The minimum Gasteiger partial charge on any atom is -0.355 e. The maximum atomic E-state index is 12.4. The van der Waals surface area contributed by atoms with Crippen molar-refractivity contribution in [1.29, 1.82) is 0 Å². The Morgan fingerprint density at radius 2 is 1.83 bits per heavy atom. The lowest BCUT2D eigenvalue weighted by Gasteiger charge is -2.26. The smallest absolute Gasteiger partial charge is 0.222 e. The lowest BCUT2D eigenvalue weighted by Crippen LogP contribution is -2.38. The molecule has 24 heavy (non-hydrogen) atoms. The van der Waals surface area contributed by atoms with Crippen LogP contribution in [0, 0.1) is 0 Å². The molecule has 2 amide bonds. The van der Waals surface area contributed by atoms with Crippen molar-refractivity contribution in [3.05, 3.63) is 58.3 Å². The molecule has 0 bridgehead atoms. The molecule has 0 saturated heterocycles. The molecule has 1 atom stereocenters. The summed E-state index contributed by atoms with van der Waals surface area (Å²) < 4.78 is 0. The van der Waals surface area contributed by atoms with Crippen molar-refractivity contribution in [3.8, 4) is 0 Å². The Bertz CT molecular complexity index is 666. The van der Waals surface area contributed by atoms with Gasteiger partial charge in [-0.15, -0.1) is 11.3 Å². The number of thiophene rings is 1. The van der Waals surface area contributed by atoms with Crippen LogP contribution in [0.25, 0.3) is 0 Å². The number of carbonyl (C=O) groups excluding carboxylic acids is 2. The average Bonchev–Trinajstić information content (AvgIpc) is 3.07. The number of amides is 2. The van der Waals surface area contributed by atoms with Crippen molar-refractivity contribution in [2.75, 3.05) is 6.54 Å². The molecule has 2 N–H and O–H groups in total. The van der Waals surface area contributed by atoms with Crippen LogP contribution in [0.5, 0.6) is 0 Å². The first-order valence-corrected chi connectivity index (χ1v) is 8.89. The van der Waals surface area contributed by atoms with Gasteiger partial charge in [0.05, 0.1) is 12.5 Å². The van der Waals surface area contributed by atoms with Crippen molar-refractivity contribution in [2.24, 2.45) is 0 Å². The van der Waals surface area contributed by atoms with E-state index in [1.165, 1.54) is 12.5 Å². The predicted octanol–water partition coefficient (Wildman–Crippen LogP) is 3.41. The van der Waals surface area contributed by atoms with E-state index in [2.05, 4.69) is 36.6 Å². The largest absolute Gasteiger partial charge is 0.355 e. The van der Waals surface area contributed by atoms with Gasteiger partial charge < -0.3 is 10.6 Å². The van der Waals surface area contributed by atoms with Crippen LogP contribution in [0.2, 0.25) is 0 Å². The fourth-order valence-corrected chi connectivity index (χ4v) is 3.30. The summed E-state index contributed by atoms with van der Waals surface area (Å²) in [6, 6.07) is 13.7. The highest BCUT2D eigenvalue weighted by molar-refractivity contribution is 7.10. The second-order valence-corrected chi connectivity index (χ2v) is 7.48. The highest BCUT2D eigenvalue weighted by atomic mass is 32.1. The molecular weight excluding hydrogens is 320 g/mol. The molecule has 5 heteroatoms. The molecule has 2 aromatic rings. The summed E-state index contributed by atoms with van der Waals surface area (Å²) in [4.78, 5) is 24.7. The van der Waals surface area contributed by atoms with E-state index >= 15 is 0 Å². The number of hydrogen-bond acceptors (Lipinski definition) is 3.